The summed E-state index contributed by atoms with van der Waals surface area (Å²) in [5, 5.41) is 28.6. The minimum atomic E-state index is -1.10. The van der Waals surface area contributed by atoms with Crippen LogP contribution in [-0.2, 0) is 0 Å². The minimum Gasteiger partial charge on any atom is -0.496 e. The van der Waals surface area contributed by atoms with Crippen molar-refractivity contribution in [3.8, 4) is 5.75 Å². The topological polar surface area (TPSA) is 69.9 Å². The van der Waals surface area contributed by atoms with Gasteiger partial charge in [-0.3, -0.25) is 0 Å². The molecule has 0 aliphatic rings. The van der Waals surface area contributed by atoms with E-state index in [1.807, 2.05) is 0 Å². The Morgan fingerprint density at radius 2 is 2.06 bits per heavy atom. The second kappa shape index (κ2) is 6.06. The van der Waals surface area contributed by atoms with Gasteiger partial charge in [-0.15, -0.1) is 0 Å². The molecule has 0 fully saturated rings. The molecule has 0 spiro atoms. The van der Waals surface area contributed by atoms with Crippen LogP contribution in [0.4, 0.5) is 0 Å². The maximum absolute atomic E-state index is 9.84. The van der Waals surface area contributed by atoms with Gasteiger partial charge in [-0.05, 0) is 18.6 Å². The van der Waals surface area contributed by atoms with Crippen LogP contribution in [-0.4, -0.2) is 35.1 Å². The number of hydrogen-bond acceptors (Lipinski definition) is 4. The number of rotatable bonds is 5. The lowest BCUT2D eigenvalue weighted by molar-refractivity contribution is 0.00304. The number of benzene rings is 1. The van der Waals surface area contributed by atoms with Crippen molar-refractivity contribution in [2.75, 3.05) is 13.7 Å². The van der Waals surface area contributed by atoms with Gasteiger partial charge in [-0.25, -0.2) is 0 Å². The zero-order valence-electron chi connectivity index (χ0n) is 8.93. The number of ether oxygens (including phenoxy) is 1. The van der Waals surface area contributed by atoms with Crippen LogP contribution in [0.15, 0.2) is 18.2 Å². The van der Waals surface area contributed by atoms with Gasteiger partial charge in [-0.1, -0.05) is 17.7 Å². The molecule has 1 aromatic rings. The number of hydrogen-bond donors (Lipinski definition) is 3. The second-order valence-corrected chi connectivity index (χ2v) is 3.85. The van der Waals surface area contributed by atoms with E-state index in [1.165, 1.54) is 7.11 Å². The highest BCUT2D eigenvalue weighted by atomic mass is 35.5. The average molecular weight is 247 g/mol. The molecule has 0 bridgehead atoms. The molecule has 1 aromatic carbocycles. The monoisotopic (exact) mass is 246 g/mol. The van der Waals surface area contributed by atoms with Gasteiger partial charge in [0.05, 0.1) is 13.2 Å². The highest BCUT2D eigenvalue weighted by molar-refractivity contribution is 6.30. The van der Waals surface area contributed by atoms with Crippen LogP contribution in [0.25, 0.3) is 0 Å². The summed E-state index contributed by atoms with van der Waals surface area (Å²) >= 11 is 5.78. The van der Waals surface area contributed by atoms with Crippen molar-refractivity contribution in [3.63, 3.8) is 0 Å². The average Bonchev–Trinajstić information content (AvgIpc) is 2.28. The molecule has 2 atom stereocenters. The van der Waals surface area contributed by atoms with E-state index in [-0.39, 0.29) is 13.0 Å². The largest absolute Gasteiger partial charge is 0.496 e. The third-order valence-electron chi connectivity index (χ3n) is 2.30. The van der Waals surface area contributed by atoms with Crippen LogP contribution in [0.5, 0.6) is 5.75 Å². The first-order chi connectivity index (χ1) is 7.60. The Hall–Kier alpha value is -0.810. The fraction of sp³-hybridized carbons (Fsp3) is 0.455. The van der Waals surface area contributed by atoms with Gasteiger partial charge in [0.2, 0.25) is 0 Å². The third-order valence-corrected chi connectivity index (χ3v) is 2.54. The molecule has 0 saturated heterocycles. The summed E-state index contributed by atoms with van der Waals surface area (Å²) in [5.74, 6) is 0.414. The van der Waals surface area contributed by atoms with Gasteiger partial charge in [0.25, 0.3) is 0 Å². The SMILES string of the molecule is COc1cc(Cl)ccc1C(O)C(O)CCO. The third kappa shape index (κ3) is 3.09. The molecule has 0 heterocycles. The smallest absolute Gasteiger partial charge is 0.126 e. The minimum absolute atomic E-state index is 0.104. The molecule has 3 N–H and O–H groups in total. The zero-order valence-corrected chi connectivity index (χ0v) is 9.68. The zero-order chi connectivity index (χ0) is 12.1. The molecule has 2 unspecified atom stereocenters. The molecule has 1 rings (SSSR count). The molecule has 5 heteroatoms. The van der Waals surface area contributed by atoms with E-state index in [0.717, 1.165) is 0 Å². The lowest BCUT2D eigenvalue weighted by Gasteiger charge is -2.19. The summed E-state index contributed by atoms with van der Waals surface area (Å²) in [6.45, 7) is -0.186. The summed E-state index contributed by atoms with van der Waals surface area (Å²) in [6, 6.07) is 4.76. The Bertz CT molecular complexity index is 343. The molecule has 0 aliphatic heterocycles. The van der Waals surface area contributed by atoms with E-state index in [0.29, 0.717) is 16.3 Å². The highest BCUT2D eigenvalue weighted by Crippen LogP contribution is 2.30. The predicted molar refractivity (Wildman–Crippen MR) is 60.7 cm³/mol. The maximum atomic E-state index is 9.84. The molecule has 4 nitrogen and oxygen atoms in total. The van der Waals surface area contributed by atoms with Crippen LogP contribution < -0.4 is 4.74 Å². The molecular weight excluding hydrogens is 232 g/mol. The number of methoxy groups -OCH3 is 1. The van der Waals surface area contributed by atoms with Gasteiger partial charge in [0, 0.05) is 17.2 Å². The normalized spacial score (nSPS) is 14.6. The van der Waals surface area contributed by atoms with Crippen molar-refractivity contribution in [2.45, 2.75) is 18.6 Å². The Morgan fingerprint density at radius 1 is 1.38 bits per heavy atom. The Balaban J connectivity index is 2.93. The van der Waals surface area contributed by atoms with E-state index in [2.05, 4.69) is 0 Å². The maximum Gasteiger partial charge on any atom is 0.126 e. The Morgan fingerprint density at radius 3 is 2.62 bits per heavy atom. The van der Waals surface area contributed by atoms with Gasteiger partial charge in [0.1, 0.15) is 11.9 Å². The van der Waals surface area contributed by atoms with E-state index in [4.69, 9.17) is 21.4 Å². The van der Waals surface area contributed by atoms with Crippen LogP contribution >= 0.6 is 11.6 Å². The van der Waals surface area contributed by atoms with Crippen LogP contribution in [0.3, 0.4) is 0 Å². The van der Waals surface area contributed by atoms with Crippen molar-refractivity contribution < 1.29 is 20.1 Å². The van der Waals surface area contributed by atoms with E-state index in [9.17, 15) is 10.2 Å². The van der Waals surface area contributed by atoms with Gasteiger partial charge in [0.15, 0.2) is 0 Å². The van der Waals surface area contributed by atoms with Crippen molar-refractivity contribution in [3.05, 3.63) is 28.8 Å². The predicted octanol–water partition coefficient (Wildman–Crippen LogP) is 1.13. The Kier molecular flexibility index (Phi) is 5.02. The molecular formula is C11H15ClO4. The molecule has 16 heavy (non-hydrogen) atoms. The van der Waals surface area contributed by atoms with Crippen LogP contribution in [0, 0.1) is 0 Å². The van der Waals surface area contributed by atoms with Crippen molar-refractivity contribution in [1.82, 2.24) is 0 Å². The summed E-state index contributed by atoms with van der Waals surface area (Å²) in [7, 11) is 1.46. The van der Waals surface area contributed by atoms with Crippen molar-refractivity contribution in [1.29, 1.82) is 0 Å². The lowest BCUT2D eigenvalue weighted by atomic mass is 10.0. The van der Waals surface area contributed by atoms with E-state index < -0.39 is 12.2 Å². The highest BCUT2D eigenvalue weighted by Gasteiger charge is 2.21. The fourth-order valence-electron chi connectivity index (χ4n) is 1.43. The van der Waals surface area contributed by atoms with Crippen LogP contribution in [0.1, 0.15) is 18.1 Å². The first kappa shape index (κ1) is 13.3. The second-order valence-electron chi connectivity index (χ2n) is 3.41. The lowest BCUT2D eigenvalue weighted by Crippen LogP contribution is -2.20. The first-order valence-electron chi connectivity index (χ1n) is 4.90. The standard InChI is InChI=1S/C11H15ClO4/c1-16-10-6-7(12)2-3-8(10)11(15)9(14)4-5-13/h2-3,6,9,11,13-15H,4-5H2,1H3. The van der Waals surface area contributed by atoms with Gasteiger partial charge in [-0.2, -0.15) is 0 Å². The van der Waals surface area contributed by atoms with Crippen LogP contribution in [0.2, 0.25) is 5.02 Å². The number of halogens is 1. The summed E-state index contributed by atoms with van der Waals surface area (Å²) < 4.78 is 5.06. The van der Waals surface area contributed by atoms with E-state index >= 15 is 0 Å². The summed E-state index contributed by atoms with van der Waals surface area (Å²) in [4.78, 5) is 0. The molecule has 0 saturated carbocycles. The molecule has 0 amide bonds. The molecule has 90 valence electrons. The van der Waals surface area contributed by atoms with Crippen molar-refractivity contribution >= 4 is 11.6 Å². The van der Waals surface area contributed by atoms with E-state index in [1.54, 1.807) is 18.2 Å². The van der Waals surface area contributed by atoms with Crippen molar-refractivity contribution in [2.24, 2.45) is 0 Å². The number of aliphatic hydroxyl groups excluding tert-OH is 3. The molecule has 0 aliphatic carbocycles. The van der Waals surface area contributed by atoms with Gasteiger partial charge >= 0.3 is 0 Å². The summed E-state index contributed by atoms with van der Waals surface area (Å²) in [5.41, 5.74) is 0.452. The first-order valence-corrected chi connectivity index (χ1v) is 5.28. The fourth-order valence-corrected chi connectivity index (χ4v) is 1.59. The Labute approximate surface area is 99.1 Å². The van der Waals surface area contributed by atoms with Gasteiger partial charge < -0.3 is 20.1 Å². The number of aliphatic hydroxyl groups is 3. The summed E-state index contributed by atoms with van der Waals surface area (Å²) in [6.07, 6.45) is -2.02. The quantitative estimate of drug-likeness (QED) is 0.728. The molecule has 0 aromatic heterocycles. The molecule has 0 radical (unpaired) electrons.